The highest BCUT2D eigenvalue weighted by atomic mass is 32.2. The van der Waals surface area contributed by atoms with Crippen LogP contribution in [0.15, 0.2) is 29.2 Å². The van der Waals surface area contributed by atoms with Gasteiger partial charge in [-0.2, -0.15) is 4.72 Å². The number of rotatable bonds is 7. The first-order valence-corrected chi connectivity index (χ1v) is 7.91. The van der Waals surface area contributed by atoms with Crippen LogP contribution in [0.4, 0.5) is 0 Å². The van der Waals surface area contributed by atoms with Crippen molar-refractivity contribution in [3.05, 3.63) is 29.8 Å². The molecule has 0 saturated heterocycles. The van der Waals surface area contributed by atoms with E-state index in [2.05, 4.69) is 10.0 Å². The lowest BCUT2D eigenvalue weighted by Gasteiger charge is -2.15. The molecule has 4 N–H and O–H groups in total. The van der Waals surface area contributed by atoms with Gasteiger partial charge in [0.2, 0.25) is 15.9 Å². The van der Waals surface area contributed by atoms with Crippen LogP contribution < -0.4 is 15.8 Å². The van der Waals surface area contributed by atoms with Crippen LogP contribution in [0.1, 0.15) is 32.4 Å². The van der Waals surface area contributed by atoms with Gasteiger partial charge >= 0.3 is 0 Å². The van der Waals surface area contributed by atoms with E-state index in [1.54, 1.807) is 12.1 Å². The first kappa shape index (κ1) is 16.6. The molecule has 20 heavy (non-hydrogen) atoms. The van der Waals surface area contributed by atoms with E-state index in [-0.39, 0.29) is 10.9 Å². The van der Waals surface area contributed by atoms with Crippen molar-refractivity contribution in [2.24, 2.45) is 5.73 Å². The summed E-state index contributed by atoms with van der Waals surface area (Å²) in [7, 11) is -3.75. The molecule has 0 spiro atoms. The van der Waals surface area contributed by atoms with Crippen LogP contribution in [0, 0.1) is 0 Å². The van der Waals surface area contributed by atoms with E-state index in [1.807, 2.05) is 19.9 Å². The highest BCUT2D eigenvalue weighted by molar-refractivity contribution is 7.89. The molecule has 0 radical (unpaired) electrons. The van der Waals surface area contributed by atoms with E-state index in [4.69, 9.17) is 5.73 Å². The monoisotopic (exact) mass is 299 g/mol. The van der Waals surface area contributed by atoms with Gasteiger partial charge in [0.05, 0.1) is 10.9 Å². The molecule has 1 amide bonds. The zero-order valence-corrected chi connectivity index (χ0v) is 12.7. The molecular formula is C13H21N3O3S. The van der Waals surface area contributed by atoms with E-state index in [0.717, 1.165) is 12.1 Å². The Balaban J connectivity index is 3.01. The Kier molecular flexibility index (Phi) is 5.67. The first-order valence-electron chi connectivity index (χ1n) is 6.43. The van der Waals surface area contributed by atoms with E-state index in [0.29, 0.717) is 0 Å². The zero-order chi connectivity index (χ0) is 15.3. The standard InChI is InChI=1S/C13H21N3O3S/c1-4-15-9(2)11-6-5-7-12(8-11)20(18,19)16-10(3)13(14)17/h5-10,15-16H,4H2,1-3H3,(H2,14,17). The molecule has 6 nitrogen and oxygen atoms in total. The Bertz CT molecular complexity index is 572. The third-order valence-electron chi connectivity index (χ3n) is 2.94. The van der Waals surface area contributed by atoms with E-state index >= 15 is 0 Å². The number of sulfonamides is 1. The summed E-state index contributed by atoms with van der Waals surface area (Å²) >= 11 is 0. The molecule has 1 aromatic rings. The Labute approximate surface area is 119 Å². The molecule has 0 aliphatic carbocycles. The van der Waals surface area contributed by atoms with Gasteiger partial charge in [-0.15, -0.1) is 0 Å². The zero-order valence-electron chi connectivity index (χ0n) is 11.9. The molecule has 0 heterocycles. The van der Waals surface area contributed by atoms with Crippen LogP contribution in [0.2, 0.25) is 0 Å². The van der Waals surface area contributed by atoms with Gasteiger partial charge in [-0.25, -0.2) is 8.42 Å². The number of nitrogens with one attached hydrogen (secondary N) is 2. The lowest BCUT2D eigenvalue weighted by molar-refractivity contribution is -0.119. The van der Waals surface area contributed by atoms with Gasteiger partial charge in [-0.05, 0) is 38.1 Å². The van der Waals surface area contributed by atoms with Crippen LogP contribution in [0.3, 0.4) is 0 Å². The molecule has 0 aliphatic rings. The maximum atomic E-state index is 12.1. The minimum absolute atomic E-state index is 0.0451. The van der Waals surface area contributed by atoms with Crippen LogP contribution in [-0.2, 0) is 14.8 Å². The number of hydrogen-bond acceptors (Lipinski definition) is 4. The normalized spacial score (nSPS) is 14.8. The molecule has 0 saturated carbocycles. The minimum atomic E-state index is -3.75. The second-order valence-corrected chi connectivity index (χ2v) is 6.31. The molecule has 2 unspecified atom stereocenters. The van der Waals surface area contributed by atoms with Gasteiger partial charge in [0.15, 0.2) is 0 Å². The van der Waals surface area contributed by atoms with Gasteiger partial charge < -0.3 is 11.1 Å². The van der Waals surface area contributed by atoms with Crippen molar-refractivity contribution >= 4 is 15.9 Å². The van der Waals surface area contributed by atoms with Crippen molar-refractivity contribution in [3.8, 4) is 0 Å². The Morgan fingerprint density at radius 1 is 1.35 bits per heavy atom. The van der Waals surface area contributed by atoms with Crippen molar-refractivity contribution in [3.63, 3.8) is 0 Å². The Morgan fingerprint density at radius 3 is 2.55 bits per heavy atom. The van der Waals surface area contributed by atoms with Gasteiger partial charge in [-0.3, -0.25) is 4.79 Å². The molecule has 0 bridgehead atoms. The van der Waals surface area contributed by atoms with Crippen molar-refractivity contribution in [2.45, 2.75) is 37.8 Å². The highest BCUT2D eigenvalue weighted by Crippen LogP contribution is 2.17. The average Bonchev–Trinajstić information content (AvgIpc) is 2.38. The molecule has 112 valence electrons. The molecule has 1 aromatic carbocycles. The van der Waals surface area contributed by atoms with Crippen LogP contribution in [0.25, 0.3) is 0 Å². The van der Waals surface area contributed by atoms with Crippen molar-refractivity contribution in [2.75, 3.05) is 6.54 Å². The quantitative estimate of drug-likeness (QED) is 0.682. The lowest BCUT2D eigenvalue weighted by Crippen LogP contribution is -2.42. The largest absolute Gasteiger partial charge is 0.368 e. The van der Waals surface area contributed by atoms with E-state index in [1.165, 1.54) is 13.0 Å². The average molecular weight is 299 g/mol. The number of amides is 1. The minimum Gasteiger partial charge on any atom is -0.368 e. The van der Waals surface area contributed by atoms with Gasteiger partial charge in [0.1, 0.15) is 0 Å². The summed E-state index contributed by atoms with van der Waals surface area (Å²) in [6.07, 6.45) is 0. The number of hydrogen-bond donors (Lipinski definition) is 3. The summed E-state index contributed by atoms with van der Waals surface area (Å²) in [6.45, 7) is 6.13. The molecule has 0 fully saturated rings. The van der Waals surface area contributed by atoms with Crippen LogP contribution in [0.5, 0.6) is 0 Å². The second kappa shape index (κ2) is 6.83. The first-order chi connectivity index (χ1) is 9.27. The van der Waals surface area contributed by atoms with Crippen LogP contribution >= 0.6 is 0 Å². The summed E-state index contributed by atoms with van der Waals surface area (Å²) in [4.78, 5) is 11.1. The molecule has 7 heteroatoms. The number of benzene rings is 1. The SMILES string of the molecule is CCNC(C)c1cccc(S(=O)(=O)NC(C)C(N)=O)c1. The van der Waals surface area contributed by atoms with Gasteiger partial charge in [0.25, 0.3) is 0 Å². The third kappa shape index (κ3) is 4.29. The molecule has 2 atom stereocenters. The van der Waals surface area contributed by atoms with Gasteiger partial charge in [0, 0.05) is 6.04 Å². The van der Waals surface area contributed by atoms with Crippen molar-refractivity contribution in [1.82, 2.24) is 10.0 Å². The fourth-order valence-corrected chi connectivity index (χ4v) is 3.00. The van der Waals surface area contributed by atoms with Crippen molar-refractivity contribution < 1.29 is 13.2 Å². The predicted molar refractivity (Wildman–Crippen MR) is 77.5 cm³/mol. The fourth-order valence-electron chi connectivity index (χ4n) is 1.73. The van der Waals surface area contributed by atoms with E-state index < -0.39 is 22.0 Å². The number of primary amides is 1. The summed E-state index contributed by atoms with van der Waals surface area (Å²) in [5, 5.41) is 3.21. The molecular weight excluding hydrogens is 278 g/mol. The smallest absolute Gasteiger partial charge is 0.241 e. The Morgan fingerprint density at radius 2 is 2.00 bits per heavy atom. The third-order valence-corrected chi connectivity index (χ3v) is 4.48. The van der Waals surface area contributed by atoms with Crippen LogP contribution in [-0.4, -0.2) is 26.9 Å². The van der Waals surface area contributed by atoms with E-state index in [9.17, 15) is 13.2 Å². The number of nitrogens with two attached hydrogens (primary N) is 1. The Hall–Kier alpha value is -1.44. The summed E-state index contributed by atoms with van der Waals surface area (Å²) in [5.41, 5.74) is 5.93. The summed E-state index contributed by atoms with van der Waals surface area (Å²) in [6, 6.07) is 5.69. The maximum absolute atomic E-state index is 12.1. The fraction of sp³-hybridized carbons (Fsp3) is 0.462. The number of carbonyl (C=O) groups excluding carboxylic acids is 1. The highest BCUT2D eigenvalue weighted by Gasteiger charge is 2.21. The predicted octanol–water partition coefficient (Wildman–Crippen LogP) is 0.509. The second-order valence-electron chi connectivity index (χ2n) is 4.60. The lowest BCUT2D eigenvalue weighted by atomic mass is 10.1. The van der Waals surface area contributed by atoms with Gasteiger partial charge in [-0.1, -0.05) is 19.1 Å². The topological polar surface area (TPSA) is 101 Å². The molecule has 0 aliphatic heterocycles. The van der Waals surface area contributed by atoms with Crippen molar-refractivity contribution in [1.29, 1.82) is 0 Å². The molecule has 1 rings (SSSR count). The summed E-state index contributed by atoms with van der Waals surface area (Å²) in [5.74, 6) is -0.717. The maximum Gasteiger partial charge on any atom is 0.241 e. The number of carbonyl (C=O) groups is 1. The molecule has 0 aromatic heterocycles. The summed E-state index contributed by atoms with van der Waals surface area (Å²) < 4.78 is 26.5.